The number of ether oxygens (including phenoxy) is 1. The van der Waals surface area contributed by atoms with Crippen LogP contribution in [-0.2, 0) is 9.53 Å². The zero-order valence-corrected chi connectivity index (χ0v) is 10.3. The van der Waals surface area contributed by atoms with Crippen molar-refractivity contribution in [3.63, 3.8) is 0 Å². The molecule has 0 saturated carbocycles. The number of aliphatic carboxylic acids is 1. The molecule has 5 nitrogen and oxygen atoms in total. The number of carbonyl (C=O) groups is 1. The van der Waals surface area contributed by atoms with E-state index in [0.29, 0.717) is 13.2 Å². The van der Waals surface area contributed by atoms with Crippen LogP contribution in [-0.4, -0.2) is 71.5 Å². The number of rotatable bonds is 6. The molecule has 0 aromatic rings. The lowest BCUT2D eigenvalue weighted by atomic mass is 10.2. The van der Waals surface area contributed by atoms with Crippen LogP contribution in [0.1, 0.15) is 6.42 Å². The molecule has 1 aliphatic rings. The summed E-state index contributed by atoms with van der Waals surface area (Å²) < 4.78 is 4.86. The van der Waals surface area contributed by atoms with Crippen LogP contribution in [0.25, 0.3) is 0 Å². The summed E-state index contributed by atoms with van der Waals surface area (Å²) in [5.41, 5.74) is 0. The Kier molecular flexibility index (Phi) is 6.12. The van der Waals surface area contributed by atoms with E-state index >= 15 is 0 Å². The average Bonchev–Trinajstić information content (AvgIpc) is 2.20. The SMILES string of the molecule is COCC(O)CN1CCSCC1CC(=O)O. The molecule has 1 aliphatic heterocycles. The highest BCUT2D eigenvalue weighted by atomic mass is 32.2. The first-order valence-electron chi connectivity index (χ1n) is 5.34. The third-order valence-corrected chi connectivity index (χ3v) is 3.66. The van der Waals surface area contributed by atoms with Gasteiger partial charge in [0, 0.05) is 37.7 Å². The van der Waals surface area contributed by atoms with Crippen molar-refractivity contribution in [2.45, 2.75) is 18.6 Å². The van der Waals surface area contributed by atoms with Crippen LogP contribution < -0.4 is 0 Å². The monoisotopic (exact) mass is 249 g/mol. The van der Waals surface area contributed by atoms with Gasteiger partial charge in [-0.3, -0.25) is 9.69 Å². The number of aliphatic hydroxyl groups excluding tert-OH is 1. The zero-order valence-electron chi connectivity index (χ0n) is 9.46. The van der Waals surface area contributed by atoms with Crippen molar-refractivity contribution < 1.29 is 19.7 Å². The van der Waals surface area contributed by atoms with Crippen molar-refractivity contribution in [3.05, 3.63) is 0 Å². The summed E-state index contributed by atoms with van der Waals surface area (Å²) >= 11 is 1.77. The second kappa shape index (κ2) is 7.11. The second-order valence-electron chi connectivity index (χ2n) is 3.93. The molecule has 0 aromatic carbocycles. The summed E-state index contributed by atoms with van der Waals surface area (Å²) in [6.07, 6.45) is -0.392. The Labute approximate surface area is 99.8 Å². The summed E-state index contributed by atoms with van der Waals surface area (Å²) in [6.45, 7) is 1.62. The maximum absolute atomic E-state index is 10.7. The highest BCUT2D eigenvalue weighted by Gasteiger charge is 2.26. The van der Waals surface area contributed by atoms with Crippen LogP contribution >= 0.6 is 11.8 Å². The van der Waals surface area contributed by atoms with Crippen molar-refractivity contribution >= 4 is 17.7 Å². The van der Waals surface area contributed by atoms with E-state index < -0.39 is 12.1 Å². The molecule has 6 heteroatoms. The number of thioether (sulfide) groups is 1. The minimum atomic E-state index is -0.779. The first-order chi connectivity index (χ1) is 7.63. The lowest BCUT2D eigenvalue weighted by Crippen LogP contribution is -2.47. The van der Waals surface area contributed by atoms with Crippen molar-refractivity contribution in [1.82, 2.24) is 4.90 Å². The number of β-amino-alcohol motifs (C(OH)–C–C–N with tert-alkyl or cyclic N) is 1. The molecule has 1 heterocycles. The molecule has 94 valence electrons. The third-order valence-electron chi connectivity index (χ3n) is 2.56. The number of carboxylic acid groups (broad SMARTS) is 1. The number of hydrogen-bond donors (Lipinski definition) is 2. The topological polar surface area (TPSA) is 70.0 Å². The molecule has 0 aliphatic carbocycles. The summed E-state index contributed by atoms with van der Waals surface area (Å²) in [4.78, 5) is 12.8. The number of nitrogens with zero attached hydrogens (tertiary/aromatic N) is 1. The molecular formula is C10H19NO4S. The van der Waals surface area contributed by atoms with Gasteiger partial charge in [-0.2, -0.15) is 11.8 Å². The van der Waals surface area contributed by atoms with E-state index in [0.717, 1.165) is 18.1 Å². The molecule has 1 rings (SSSR count). The summed E-state index contributed by atoms with van der Waals surface area (Å²) in [7, 11) is 1.55. The van der Waals surface area contributed by atoms with Crippen LogP contribution in [0.2, 0.25) is 0 Å². The summed E-state index contributed by atoms with van der Waals surface area (Å²) in [5.74, 6) is 1.04. The van der Waals surface area contributed by atoms with Crippen molar-refractivity contribution in [1.29, 1.82) is 0 Å². The summed E-state index contributed by atoms with van der Waals surface area (Å²) in [6, 6.07) is 0.0303. The molecule has 1 saturated heterocycles. The third kappa shape index (κ3) is 4.69. The highest BCUT2D eigenvalue weighted by molar-refractivity contribution is 7.99. The molecular weight excluding hydrogens is 230 g/mol. The number of aliphatic hydroxyl groups is 1. The van der Waals surface area contributed by atoms with Gasteiger partial charge in [0.2, 0.25) is 0 Å². The van der Waals surface area contributed by atoms with Crippen molar-refractivity contribution in [3.8, 4) is 0 Å². The predicted octanol–water partition coefficient (Wildman–Crippen LogP) is -0.114. The molecule has 1 fully saturated rings. The molecule has 16 heavy (non-hydrogen) atoms. The minimum Gasteiger partial charge on any atom is -0.481 e. The zero-order chi connectivity index (χ0) is 12.0. The van der Waals surface area contributed by atoms with E-state index in [4.69, 9.17) is 9.84 Å². The van der Waals surface area contributed by atoms with Crippen molar-refractivity contribution in [2.24, 2.45) is 0 Å². The Morgan fingerprint density at radius 3 is 3.06 bits per heavy atom. The largest absolute Gasteiger partial charge is 0.481 e. The number of carboxylic acids is 1. The van der Waals surface area contributed by atoms with Gasteiger partial charge in [0.1, 0.15) is 0 Å². The van der Waals surface area contributed by atoms with Crippen molar-refractivity contribution in [2.75, 3.05) is 38.3 Å². The van der Waals surface area contributed by atoms with Crippen LogP contribution in [0.15, 0.2) is 0 Å². The van der Waals surface area contributed by atoms with Crippen LogP contribution in [0.5, 0.6) is 0 Å². The smallest absolute Gasteiger partial charge is 0.304 e. The molecule has 0 bridgehead atoms. The maximum atomic E-state index is 10.7. The lowest BCUT2D eigenvalue weighted by molar-refractivity contribution is -0.138. The first-order valence-corrected chi connectivity index (χ1v) is 6.49. The van der Waals surface area contributed by atoms with Gasteiger partial charge in [0.15, 0.2) is 0 Å². The standard InChI is InChI=1S/C10H19NO4S/c1-15-6-9(12)5-11-2-3-16-7-8(11)4-10(13)14/h8-9,12H,2-7H2,1H3,(H,13,14). The molecule has 2 N–H and O–H groups in total. The minimum absolute atomic E-state index is 0.0303. The Morgan fingerprint density at radius 2 is 2.44 bits per heavy atom. The van der Waals surface area contributed by atoms with E-state index in [9.17, 15) is 9.90 Å². The molecule has 0 radical (unpaired) electrons. The Hall–Kier alpha value is -0.300. The van der Waals surface area contributed by atoms with Crippen LogP contribution in [0.4, 0.5) is 0 Å². The molecule has 0 aromatic heterocycles. The van der Waals surface area contributed by atoms with E-state index in [1.807, 2.05) is 4.90 Å². The first kappa shape index (κ1) is 13.8. The molecule has 2 unspecified atom stereocenters. The molecule has 0 spiro atoms. The van der Waals surface area contributed by atoms with Crippen LogP contribution in [0, 0.1) is 0 Å². The van der Waals surface area contributed by atoms with E-state index in [1.54, 1.807) is 18.9 Å². The highest BCUT2D eigenvalue weighted by Crippen LogP contribution is 2.19. The molecule has 2 atom stereocenters. The van der Waals surface area contributed by atoms with E-state index in [-0.39, 0.29) is 12.5 Å². The normalized spacial score (nSPS) is 24.2. The van der Waals surface area contributed by atoms with Gasteiger partial charge in [0.05, 0.1) is 19.1 Å². The van der Waals surface area contributed by atoms with Gasteiger partial charge >= 0.3 is 5.97 Å². The maximum Gasteiger partial charge on any atom is 0.304 e. The van der Waals surface area contributed by atoms with Crippen LogP contribution in [0.3, 0.4) is 0 Å². The number of hydrogen-bond acceptors (Lipinski definition) is 5. The fourth-order valence-electron chi connectivity index (χ4n) is 1.83. The quantitative estimate of drug-likeness (QED) is 0.684. The Bertz CT molecular complexity index is 227. The van der Waals surface area contributed by atoms with Gasteiger partial charge < -0.3 is 14.9 Å². The Morgan fingerprint density at radius 1 is 1.69 bits per heavy atom. The van der Waals surface area contributed by atoms with Gasteiger partial charge in [-0.1, -0.05) is 0 Å². The van der Waals surface area contributed by atoms with E-state index in [1.165, 1.54) is 0 Å². The summed E-state index contributed by atoms with van der Waals surface area (Å²) in [5, 5.41) is 18.4. The molecule has 0 amide bonds. The van der Waals surface area contributed by atoms with Gasteiger partial charge in [0.25, 0.3) is 0 Å². The predicted molar refractivity (Wildman–Crippen MR) is 62.8 cm³/mol. The number of methoxy groups -OCH3 is 1. The lowest BCUT2D eigenvalue weighted by Gasteiger charge is -2.35. The average molecular weight is 249 g/mol. The Balaban J connectivity index is 2.43. The second-order valence-corrected chi connectivity index (χ2v) is 5.08. The fraction of sp³-hybridized carbons (Fsp3) is 0.900. The van der Waals surface area contributed by atoms with Gasteiger partial charge in [-0.05, 0) is 0 Å². The van der Waals surface area contributed by atoms with Gasteiger partial charge in [-0.25, -0.2) is 0 Å². The van der Waals surface area contributed by atoms with Gasteiger partial charge in [-0.15, -0.1) is 0 Å². The fourth-order valence-corrected chi connectivity index (χ4v) is 2.97. The van der Waals surface area contributed by atoms with E-state index in [2.05, 4.69) is 0 Å².